The number of para-hydroxylation sites is 1. The minimum Gasteiger partial charge on any atom is -0.492 e. The van der Waals surface area contributed by atoms with Crippen molar-refractivity contribution in [3.05, 3.63) is 35.5 Å². The number of hydrogen-bond donors (Lipinski definition) is 1. The summed E-state index contributed by atoms with van der Waals surface area (Å²) in [6, 6.07) is 8.29. The van der Waals surface area contributed by atoms with Crippen molar-refractivity contribution < 1.29 is 4.74 Å². The molecule has 108 valence electrons. The summed E-state index contributed by atoms with van der Waals surface area (Å²) in [5.41, 5.74) is 9.23. The Morgan fingerprint density at radius 1 is 1.30 bits per heavy atom. The van der Waals surface area contributed by atoms with Gasteiger partial charge in [0.05, 0.1) is 6.61 Å². The molecule has 2 aromatic rings. The van der Waals surface area contributed by atoms with Crippen molar-refractivity contribution in [2.45, 2.75) is 34.1 Å². The predicted molar refractivity (Wildman–Crippen MR) is 84.2 cm³/mol. The Bertz CT molecular complexity index is 605. The second-order valence-corrected chi connectivity index (χ2v) is 6.05. The van der Waals surface area contributed by atoms with Crippen molar-refractivity contribution in [3.8, 4) is 5.75 Å². The van der Waals surface area contributed by atoms with Gasteiger partial charge >= 0.3 is 0 Å². The summed E-state index contributed by atoms with van der Waals surface area (Å²) in [4.78, 5) is 4.65. The van der Waals surface area contributed by atoms with Gasteiger partial charge in [-0.25, -0.2) is 4.98 Å². The highest BCUT2D eigenvalue weighted by Crippen LogP contribution is 2.30. The van der Waals surface area contributed by atoms with Gasteiger partial charge in [0.25, 0.3) is 0 Å². The van der Waals surface area contributed by atoms with Gasteiger partial charge in [0.15, 0.2) is 0 Å². The average Bonchev–Trinajstić information content (AvgIpc) is 2.39. The van der Waals surface area contributed by atoms with Crippen LogP contribution in [0.25, 0.3) is 10.9 Å². The molecule has 0 amide bonds. The Labute approximate surface area is 121 Å². The molecule has 0 atom stereocenters. The molecule has 0 saturated carbocycles. The fraction of sp³-hybridized carbons (Fsp3) is 0.471. The predicted octanol–water partition coefficient (Wildman–Crippen LogP) is 3.47. The van der Waals surface area contributed by atoms with E-state index in [-0.39, 0.29) is 5.41 Å². The van der Waals surface area contributed by atoms with Crippen molar-refractivity contribution in [2.75, 3.05) is 13.2 Å². The number of nitrogens with zero attached hydrogens (tertiary/aromatic N) is 1. The van der Waals surface area contributed by atoms with Crippen LogP contribution in [-0.4, -0.2) is 18.1 Å². The summed E-state index contributed by atoms with van der Waals surface area (Å²) in [7, 11) is 0. The number of aryl methyl sites for hydroxylation is 1. The Morgan fingerprint density at radius 3 is 2.70 bits per heavy atom. The normalized spacial score (nSPS) is 11.8. The molecule has 0 unspecified atom stereocenters. The lowest BCUT2D eigenvalue weighted by Gasteiger charge is -2.23. The topological polar surface area (TPSA) is 48.1 Å². The van der Waals surface area contributed by atoms with Gasteiger partial charge in [-0.05, 0) is 49.9 Å². The first kappa shape index (κ1) is 14.8. The molecule has 0 radical (unpaired) electrons. The third-order valence-corrected chi connectivity index (χ3v) is 3.54. The van der Waals surface area contributed by atoms with Crippen LogP contribution in [0.3, 0.4) is 0 Å². The van der Waals surface area contributed by atoms with Crippen molar-refractivity contribution in [1.82, 2.24) is 4.98 Å². The van der Waals surface area contributed by atoms with E-state index in [0.717, 1.165) is 23.4 Å². The molecule has 0 aliphatic rings. The zero-order valence-electron chi connectivity index (χ0n) is 12.9. The van der Waals surface area contributed by atoms with Gasteiger partial charge in [0.2, 0.25) is 0 Å². The van der Waals surface area contributed by atoms with Crippen LogP contribution in [0.4, 0.5) is 0 Å². The molecule has 2 rings (SSSR count). The minimum atomic E-state index is 0.0857. The molecule has 0 aliphatic heterocycles. The summed E-state index contributed by atoms with van der Waals surface area (Å²) in [6.45, 7) is 9.73. The molecule has 1 aromatic carbocycles. The van der Waals surface area contributed by atoms with Gasteiger partial charge in [-0.1, -0.05) is 26.0 Å². The molecule has 20 heavy (non-hydrogen) atoms. The molecule has 1 aromatic heterocycles. The number of rotatable bonds is 5. The Balaban J connectivity index is 2.57. The molecule has 3 nitrogen and oxygen atoms in total. The number of fused-ring (bicyclic) bond motifs is 1. The van der Waals surface area contributed by atoms with E-state index in [1.165, 1.54) is 10.9 Å². The quantitative estimate of drug-likeness (QED) is 0.906. The van der Waals surface area contributed by atoms with Gasteiger partial charge < -0.3 is 10.5 Å². The molecule has 0 saturated heterocycles. The third-order valence-electron chi connectivity index (χ3n) is 3.54. The van der Waals surface area contributed by atoms with Crippen molar-refractivity contribution >= 4 is 10.9 Å². The highest BCUT2D eigenvalue weighted by molar-refractivity contribution is 5.87. The number of ether oxygens (including phenoxy) is 1. The smallest absolute Gasteiger partial charge is 0.145 e. The molecule has 3 heteroatoms. The van der Waals surface area contributed by atoms with E-state index in [1.807, 2.05) is 26.0 Å². The fourth-order valence-electron chi connectivity index (χ4n) is 2.44. The highest BCUT2D eigenvalue weighted by Gasteiger charge is 2.19. The molecule has 1 heterocycles. The van der Waals surface area contributed by atoms with E-state index in [1.54, 1.807) is 0 Å². The monoisotopic (exact) mass is 272 g/mol. The largest absolute Gasteiger partial charge is 0.492 e. The SMILES string of the molecule is CCOc1cccc2c(CC(C)(C)CN)cc(C)nc12. The molecule has 2 N–H and O–H groups in total. The minimum absolute atomic E-state index is 0.0857. The molecular formula is C17H24N2O. The van der Waals surface area contributed by atoms with Crippen LogP contribution < -0.4 is 10.5 Å². The first-order chi connectivity index (χ1) is 9.46. The number of nitrogens with two attached hydrogens (primary N) is 1. The van der Waals surface area contributed by atoms with Crippen molar-refractivity contribution in [2.24, 2.45) is 11.1 Å². The van der Waals surface area contributed by atoms with E-state index < -0.39 is 0 Å². The lowest BCUT2D eigenvalue weighted by molar-refractivity contribution is 0.343. The van der Waals surface area contributed by atoms with E-state index in [4.69, 9.17) is 10.5 Å². The van der Waals surface area contributed by atoms with E-state index in [2.05, 4.69) is 31.0 Å². The van der Waals surface area contributed by atoms with Gasteiger partial charge in [0.1, 0.15) is 11.3 Å². The van der Waals surface area contributed by atoms with Crippen LogP contribution in [0.1, 0.15) is 32.0 Å². The molecular weight excluding hydrogens is 248 g/mol. The summed E-state index contributed by atoms with van der Waals surface area (Å²) >= 11 is 0. The second-order valence-electron chi connectivity index (χ2n) is 6.05. The number of pyridine rings is 1. The Kier molecular flexibility index (Phi) is 4.29. The summed E-state index contributed by atoms with van der Waals surface area (Å²) in [5.74, 6) is 0.862. The van der Waals surface area contributed by atoms with Crippen LogP contribution in [-0.2, 0) is 6.42 Å². The molecule has 0 fully saturated rings. The maximum absolute atomic E-state index is 5.87. The molecule has 0 aliphatic carbocycles. The van der Waals surface area contributed by atoms with Gasteiger partial charge in [-0.15, -0.1) is 0 Å². The Morgan fingerprint density at radius 2 is 2.05 bits per heavy atom. The maximum Gasteiger partial charge on any atom is 0.145 e. The number of aromatic nitrogens is 1. The maximum atomic E-state index is 5.87. The van der Waals surface area contributed by atoms with Crippen LogP contribution in [0.2, 0.25) is 0 Å². The summed E-state index contributed by atoms with van der Waals surface area (Å²) in [6.07, 6.45) is 0.943. The summed E-state index contributed by atoms with van der Waals surface area (Å²) < 4.78 is 5.70. The molecule has 0 bridgehead atoms. The van der Waals surface area contributed by atoms with Crippen LogP contribution in [0.5, 0.6) is 5.75 Å². The van der Waals surface area contributed by atoms with Crippen LogP contribution in [0, 0.1) is 12.3 Å². The molecule has 0 spiro atoms. The van der Waals surface area contributed by atoms with Gasteiger partial charge in [-0.3, -0.25) is 0 Å². The van der Waals surface area contributed by atoms with Crippen LogP contribution >= 0.6 is 0 Å². The van der Waals surface area contributed by atoms with Crippen molar-refractivity contribution in [3.63, 3.8) is 0 Å². The summed E-state index contributed by atoms with van der Waals surface area (Å²) in [5, 5.41) is 1.17. The average molecular weight is 272 g/mol. The fourth-order valence-corrected chi connectivity index (χ4v) is 2.44. The number of hydrogen-bond acceptors (Lipinski definition) is 3. The zero-order valence-corrected chi connectivity index (χ0v) is 12.9. The second kappa shape index (κ2) is 5.80. The van der Waals surface area contributed by atoms with Crippen LogP contribution in [0.15, 0.2) is 24.3 Å². The zero-order chi connectivity index (χ0) is 14.8. The van der Waals surface area contributed by atoms with E-state index >= 15 is 0 Å². The van der Waals surface area contributed by atoms with E-state index in [9.17, 15) is 0 Å². The standard InChI is InChI=1S/C17H24N2O/c1-5-20-15-8-6-7-14-13(10-17(3,4)11-18)9-12(2)19-16(14)15/h6-9H,5,10-11,18H2,1-4H3. The first-order valence-corrected chi connectivity index (χ1v) is 7.19. The van der Waals surface area contributed by atoms with Gasteiger partial charge in [-0.2, -0.15) is 0 Å². The third kappa shape index (κ3) is 3.10. The first-order valence-electron chi connectivity index (χ1n) is 7.19. The lowest BCUT2D eigenvalue weighted by atomic mass is 9.84. The Hall–Kier alpha value is -1.61. The van der Waals surface area contributed by atoms with Gasteiger partial charge in [0, 0.05) is 11.1 Å². The highest BCUT2D eigenvalue weighted by atomic mass is 16.5. The number of benzene rings is 1. The van der Waals surface area contributed by atoms with E-state index in [0.29, 0.717) is 13.2 Å². The lowest BCUT2D eigenvalue weighted by Crippen LogP contribution is -2.26. The van der Waals surface area contributed by atoms with Crippen molar-refractivity contribution in [1.29, 1.82) is 0 Å².